The molecule has 2 aliphatic heterocycles. The molecule has 9 nitrogen and oxygen atoms in total. The third kappa shape index (κ3) is 7.10. The molecular formula is C36H53N7O2S. The lowest BCUT2D eigenvalue weighted by Crippen LogP contribution is -2.46. The minimum atomic E-state index is 0.198. The molecule has 5 aliphatic rings. The first-order chi connectivity index (χ1) is 22.7. The smallest absolute Gasteiger partial charge is 0.232 e. The van der Waals surface area contributed by atoms with Gasteiger partial charge < -0.3 is 19.7 Å². The predicted molar refractivity (Wildman–Crippen MR) is 184 cm³/mol. The van der Waals surface area contributed by atoms with Crippen molar-refractivity contribution in [1.29, 1.82) is 0 Å². The number of thiophene rings is 1. The van der Waals surface area contributed by atoms with E-state index in [1.165, 1.54) is 96.6 Å². The zero-order valence-corrected chi connectivity index (χ0v) is 28.3. The molecule has 0 bridgehead atoms. The number of morpholine rings is 1. The van der Waals surface area contributed by atoms with Gasteiger partial charge in [0.2, 0.25) is 11.8 Å². The second-order valence-corrected chi connectivity index (χ2v) is 15.7. The maximum absolute atomic E-state index is 6.58. The third-order valence-electron chi connectivity index (χ3n) is 12.1. The molecular weight excluding hydrogens is 595 g/mol. The second-order valence-electron chi connectivity index (χ2n) is 14.8. The van der Waals surface area contributed by atoms with Gasteiger partial charge in [-0.3, -0.25) is 9.58 Å². The van der Waals surface area contributed by atoms with Crippen LogP contribution < -0.4 is 10.1 Å². The van der Waals surface area contributed by atoms with Gasteiger partial charge in [-0.25, -0.2) is 4.98 Å². The molecule has 2 saturated heterocycles. The molecule has 3 saturated carbocycles. The topological polar surface area (TPSA) is 80.6 Å². The molecule has 10 heteroatoms. The van der Waals surface area contributed by atoms with E-state index in [-0.39, 0.29) is 6.10 Å². The van der Waals surface area contributed by atoms with E-state index >= 15 is 0 Å². The fraction of sp³-hybridized carbons (Fsp3) is 0.750. The molecule has 0 aromatic carbocycles. The number of hydrogen-bond donors (Lipinski definition) is 1. The Bertz CT molecular complexity index is 1390. The molecule has 46 heavy (non-hydrogen) atoms. The average Bonchev–Trinajstić information content (AvgIpc) is 3.80. The van der Waals surface area contributed by atoms with Crippen LogP contribution in [0.5, 0.6) is 5.88 Å². The normalized spacial score (nSPS) is 29.7. The highest BCUT2D eigenvalue weighted by atomic mass is 32.1. The molecule has 0 unspecified atom stereocenters. The maximum atomic E-state index is 6.58. The van der Waals surface area contributed by atoms with Crippen LogP contribution in [0.2, 0.25) is 0 Å². The Morgan fingerprint density at radius 1 is 0.739 bits per heavy atom. The Morgan fingerprint density at radius 2 is 1.43 bits per heavy atom. The van der Waals surface area contributed by atoms with Crippen LogP contribution in [0.3, 0.4) is 0 Å². The zero-order valence-electron chi connectivity index (χ0n) is 27.5. The van der Waals surface area contributed by atoms with Crippen LogP contribution in [0, 0.1) is 11.8 Å². The Balaban J connectivity index is 0.839. The second kappa shape index (κ2) is 14.5. The van der Waals surface area contributed by atoms with Crippen LogP contribution in [0.15, 0.2) is 23.8 Å². The van der Waals surface area contributed by atoms with Gasteiger partial charge in [0.05, 0.1) is 36.5 Å². The monoisotopic (exact) mass is 647 g/mol. The number of nitrogens with zero attached hydrogens (tertiary/aromatic N) is 6. The van der Waals surface area contributed by atoms with Crippen molar-refractivity contribution < 1.29 is 9.47 Å². The minimum Gasteiger partial charge on any atom is -0.474 e. The van der Waals surface area contributed by atoms with E-state index in [1.807, 2.05) is 6.20 Å². The highest BCUT2D eigenvalue weighted by Crippen LogP contribution is 2.40. The Hall–Kier alpha value is -2.27. The first-order valence-electron chi connectivity index (χ1n) is 18.5. The van der Waals surface area contributed by atoms with Crippen molar-refractivity contribution in [3.05, 3.63) is 23.8 Å². The lowest BCUT2D eigenvalue weighted by Gasteiger charge is -2.42. The van der Waals surface area contributed by atoms with Crippen molar-refractivity contribution in [1.82, 2.24) is 29.5 Å². The molecule has 0 radical (unpaired) electrons. The van der Waals surface area contributed by atoms with Crippen molar-refractivity contribution in [2.45, 2.75) is 121 Å². The number of rotatable bonds is 8. The Labute approximate surface area is 278 Å². The summed E-state index contributed by atoms with van der Waals surface area (Å²) in [4.78, 5) is 16.1. The standard InChI is InChI=1S/C36H53N7O2S/c1-2-4-26(5-3-1)27-6-8-29(9-7-27)41-17-14-31(15-18-41)43-25-28(24-37-43)38-36-39-34(33-16-23-46-35(33)40-36)45-32-12-10-30(11-13-32)42-19-21-44-22-20-42/h16,23-27,29-32H,1-15,17-22H2,(H,38,39,40). The van der Waals surface area contributed by atoms with E-state index in [4.69, 9.17) is 24.5 Å². The van der Waals surface area contributed by atoms with Crippen molar-refractivity contribution in [2.75, 3.05) is 44.7 Å². The minimum absolute atomic E-state index is 0.198. The van der Waals surface area contributed by atoms with Crippen LogP contribution in [0.25, 0.3) is 10.2 Å². The summed E-state index contributed by atoms with van der Waals surface area (Å²) in [5.74, 6) is 3.34. The molecule has 0 atom stereocenters. The molecule has 3 aromatic heterocycles. The zero-order chi connectivity index (χ0) is 30.7. The van der Waals surface area contributed by atoms with E-state index < -0.39 is 0 Å². The van der Waals surface area contributed by atoms with Gasteiger partial charge in [-0.15, -0.1) is 11.3 Å². The number of aromatic nitrogens is 4. The fourth-order valence-electron chi connectivity index (χ4n) is 9.39. The quantitative estimate of drug-likeness (QED) is 0.271. The van der Waals surface area contributed by atoms with Crippen molar-refractivity contribution in [3.63, 3.8) is 0 Å². The highest BCUT2D eigenvalue weighted by Gasteiger charge is 2.33. The Kier molecular flexibility index (Phi) is 9.75. The first kappa shape index (κ1) is 31.0. The number of piperidine rings is 1. The summed E-state index contributed by atoms with van der Waals surface area (Å²) < 4.78 is 14.3. The van der Waals surface area contributed by atoms with Crippen LogP contribution in [0.1, 0.15) is 102 Å². The van der Waals surface area contributed by atoms with Crippen molar-refractivity contribution in [2.24, 2.45) is 11.8 Å². The summed E-state index contributed by atoms with van der Waals surface area (Å²) in [5, 5.41) is 11.3. The van der Waals surface area contributed by atoms with Gasteiger partial charge in [0.15, 0.2) is 0 Å². The van der Waals surface area contributed by atoms with Gasteiger partial charge in [-0.1, -0.05) is 32.1 Å². The van der Waals surface area contributed by atoms with Gasteiger partial charge in [0, 0.05) is 44.5 Å². The number of likely N-dealkylation sites (tertiary alicyclic amines) is 1. The van der Waals surface area contributed by atoms with E-state index in [0.29, 0.717) is 23.9 Å². The summed E-state index contributed by atoms with van der Waals surface area (Å²) in [6.45, 7) is 6.23. The number of fused-ring (bicyclic) bond motifs is 1. The van der Waals surface area contributed by atoms with Crippen molar-refractivity contribution >= 4 is 33.2 Å². The van der Waals surface area contributed by atoms with Gasteiger partial charge in [0.25, 0.3) is 0 Å². The van der Waals surface area contributed by atoms with E-state index in [9.17, 15) is 0 Å². The molecule has 8 rings (SSSR count). The largest absolute Gasteiger partial charge is 0.474 e. The first-order valence-corrected chi connectivity index (χ1v) is 19.4. The van der Waals surface area contributed by atoms with E-state index in [1.54, 1.807) is 11.3 Å². The van der Waals surface area contributed by atoms with Gasteiger partial charge >= 0.3 is 0 Å². The molecule has 1 N–H and O–H groups in total. The SMILES string of the molecule is c1cc2c(OC3CCC(N4CCOCC4)CC3)nc(Nc3cnn(C4CCN(C5CCC(C6CCCCC6)CC5)CC4)c3)nc2s1. The predicted octanol–water partition coefficient (Wildman–Crippen LogP) is 7.43. The molecule has 5 fully saturated rings. The maximum Gasteiger partial charge on any atom is 0.232 e. The van der Waals surface area contributed by atoms with Gasteiger partial charge in [-0.05, 0) is 87.5 Å². The highest BCUT2D eigenvalue weighted by molar-refractivity contribution is 7.16. The van der Waals surface area contributed by atoms with E-state index in [0.717, 1.165) is 72.9 Å². The lowest BCUT2D eigenvalue weighted by atomic mass is 9.72. The lowest BCUT2D eigenvalue weighted by molar-refractivity contribution is -0.00124. The van der Waals surface area contributed by atoms with Gasteiger partial charge in [0.1, 0.15) is 10.9 Å². The molecule has 3 aromatic rings. The van der Waals surface area contributed by atoms with Crippen LogP contribution in [0.4, 0.5) is 11.6 Å². The van der Waals surface area contributed by atoms with E-state index in [2.05, 4.69) is 37.4 Å². The summed E-state index contributed by atoms with van der Waals surface area (Å²) in [7, 11) is 0. The number of ether oxygens (including phenoxy) is 2. The molecule has 0 amide bonds. The summed E-state index contributed by atoms with van der Waals surface area (Å²) in [6, 6.07) is 4.00. The average molecular weight is 648 g/mol. The number of anilines is 2. The summed E-state index contributed by atoms with van der Waals surface area (Å²) in [5.41, 5.74) is 0.941. The molecule has 250 valence electrons. The molecule has 0 spiro atoms. The third-order valence-corrected chi connectivity index (χ3v) is 12.9. The number of hydrogen-bond acceptors (Lipinski definition) is 9. The fourth-order valence-corrected chi connectivity index (χ4v) is 10.1. The summed E-state index contributed by atoms with van der Waals surface area (Å²) >= 11 is 1.64. The van der Waals surface area contributed by atoms with Crippen molar-refractivity contribution in [3.8, 4) is 5.88 Å². The van der Waals surface area contributed by atoms with Crippen LogP contribution in [-0.2, 0) is 4.74 Å². The molecule has 3 aliphatic carbocycles. The van der Waals surface area contributed by atoms with Gasteiger partial charge in [-0.2, -0.15) is 10.1 Å². The molecule has 5 heterocycles. The number of nitrogens with one attached hydrogen (secondary N) is 1. The Morgan fingerprint density at radius 3 is 2.20 bits per heavy atom. The summed E-state index contributed by atoms with van der Waals surface area (Å²) in [6.07, 6.45) is 24.3. The van der Waals surface area contributed by atoms with Crippen LogP contribution >= 0.6 is 11.3 Å². The van der Waals surface area contributed by atoms with Crippen LogP contribution in [-0.4, -0.2) is 87.1 Å².